The average molecular weight is 552 g/mol. The monoisotopic (exact) mass is 551 g/mol. The number of para-hydroxylation sites is 1. The second kappa shape index (κ2) is 9.17. The fourth-order valence-electron chi connectivity index (χ4n) is 6.73. The molecule has 0 spiro atoms. The molecule has 0 aliphatic rings. The molecule has 0 atom stereocenters. The van der Waals surface area contributed by atoms with Gasteiger partial charge >= 0.3 is 0 Å². The Morgan fingerprint density at radius 1 is 0.405 bits per heavy atom. The van der Waals surface area contributed by atoms with Crippen molar-refractivity contribution in [2.24, 2.45) is 0 Å². The molecule has 2 aromatic heterocycles. The lowest BCUT2D eigenvalue weighted by atomic mass is 9.97. The average Bonchev–Trinajstić information content (AvgIpc) is 3.62. The number of nitrogens with zero attached hydrogens (tertiary/aromatic N) is 1. The highest BCUT2D eigenvalue weighted by atomic mass is 32.1. The van der Waals surface area contributed by atoms with Gasteiger partial charge in [-0.25, -0.2) is 0 Å². The minimum Gasteiger partial charge on any atom is -0.308 e. The smallest absolute Gasteiger partial charge is 0.0726 e. The molecule has 9 rings (SSSR count). The molecule has 2 heterocycles. The van der Waals surface area contributed by atoms with Gasteiger partial charge < -0.3 is 4.57 Å². The molecule has 0 fully saturated rings. The van der Waals surface area contributed by atoms with Crippen molar-refractivity contribution in [3.63, 3.8) is 0 Å². The van der Waals surface area contributed by atoms with Crippen molar-refractivity contribution in [1.29, 1.82) is 0 Å². The standard InChI is InChI=1S/C40H25NS/c1-3-13-26(14-4-1)28-23-29(27-15-5-2-6-16-27)25-30(24-28)41-35-21-11-9-19-33(35)37-31-17-7-8-18-32(31)38-34-20-10-12-22-36(34)42-40(38)39(37)41/h1-25H. The van der Waals surface area contributed by atoms with Crippen LogP contribution < -0.4 is 0 Å². The van der Waals surface area contributed by atoms with Crippen LogP contribution in [0.4, 0.5) is 0 Å². The molecule has 9 aromatic rings. The van der Waals surface area contributed by atoms with E-state index in [9.17, 15) is 0 Å². The van der Waals surface area contributed by atoms with Gasteiger partial charge in [-0.15, -0.1) is 11.3 Å². The van der Waals surface area contributed by atoms with Crippen molar-refractivity contribution in [1.82, 2.24) is 4.57 Å². The minimum absolute atomic E-state index is 1.18. The molecule has 7 aromatic carbocycles. The summed E-state index contributed by atoms with van der Waals surface area (Å²) in [6, 6.07) is 55.3. The molecule has 1 nitrogen and oxygen atoms in total. The van der Waals surface area contributed by atoms with E-state index >= 15 is 0 Å². The summed E-state index contributed by atoms with van der Waals surface area (Å²) >= 11 is 1.91. The summed E-state index contributed by atoms with van der Waals surface area (Å²) in [6.07, 6.45) is 0. The predicted molar refractivity (Wildman–Crippen MR) is 182 cm³/mol. The highest BCUT2D eigenvalue weighted by molar-refractivity contribution is 7.27. The van der Waals surface area contributed by atoms with Gasteiger partial charge in [0, 0.05) is 31.9 Å². The number of fused-ring (bicyclic) bond motifs is 10. The van der Waals surface area contributed by atoms with E-state index in [0.29, 0.717) is 0 Å². The van der Waals surface area contributed by atoms with Gasteiger partial charge in [0.05, 0.1) is 15.7 Å². The highest BCUT2D eigenvalue weighted by Gasteiger charge is 2.22. The molecule has 196 valence electrons. The van der Waals surface area contributed by atoms with Crippen molar-refractivity contribution >= 4 is 64.1 Å². The zero-order valence-electron chi connectivity index (χ0n) is 22.8. The summed E-state index contributed by atoms with van der Waals surface area (Å²) in [6.45, 7) is 0. The maximum absolute atomic E-state index is 2.52. The summed E-state index contributed by atoms with van der Waals surface area (Å²) < 4.78 is 5.19. The van der Waals surface area contributed by atoms with E-state index in [1.54, 1.807) is 0 Å². The van der Waals surface area contributed by atoms with Crippen LogP contribution in [0, 0.1) is 0 Å². The van der Waals surface area contributed by atoms with Crippen LogP contribution in [0.2, 0.25) is 0 Å². The molecule has 0 aliphatic carbocycles. The Labute approximate surface area is 247 Å². The van der Waals surface area contributed by atoms with Gasteiger partial charge in [0.1, 0.15) is 0 Å². The topological polar surface area (TPSA) is 4.93 Å². The number of aromatic nitrogens is 1. The minimum atomic E-state index is 1.18. The lowest BCUT2D eigenvalue weighted by Crippen LogP contribution is -1.96. The van der Waals surface area contributed by atoms with E-state index in [0.717, 1.165) is 0 Å². The predicted octanol–water partition coefficient (Wildman–Crippen LogP) is 11.6. The summed E-state index contributed by atoms with van der Waals surface area (Å²) in [7, 11) is 0. The SMILES string of the molecule is c1ccc(-c2cc(-c3ccccc3)cc(-n3c4ccccc4c4c5ccccc5c5c6ccccc6sc5c43)c2)cc1. The Morgan fingerprint density at radius 2 is 0.929 bits per heavy atom. The van der Waals surface area contributed by atoms with Crippen LogP contribution in [0.25, 0.3) is 80.7 Å². The molecule has 0 radical (unpaired) electrons. The normalized spacial score (nSPS) is 11.8. The van der Waals surface area contributed by atoms with Crippen LogP contribution in [0.3, 0.4) is 0 Å². The van der Waals surface area contributed by atoms with E-state index < -0.39 is 0 Å². The van der Waals surface area contributed by atoms with Crippen LogP contribution in [0.15, 0.2) is 152 Å². The molecule has 42 heavy (non-hydrogen) atoms. The molecule has 2 heteroatoms. The summed E-state index contributed by atoms with van der Waals surface area (Å²) in [5, 5.41) is 7.92. The third-order valence-corrected chi connectivity index (χ3v) is 9.72. The van der Waals surface area contributed by atoms with E-state index in [-0.39, 0.29) is 0 Å². The third-order valence-electron chi connectivity index (χ3n) is 8.54. The number of thiophene rings is 1. The Hall–Kier alpha value is -5.18. The molecular weight excluding hydrogens is 527 g/mol. The molecule has 0 aliphatic heterocycles. The fourth-order valence-corrected chi connectivity index (χ4v) is 7.99. The van der Waals surface area contributed by atoms with Crippen LogP contribution in [-0.2, 0) is 0 Å². The molecule has 0 bridgehead atoms. The summed E-state index contributed by atoms with van der Waals surface area (Å²) in [4.78, 5) is 0. The lowest BCUT2D eigenvalue weighted by molar-refractivity contribution is 1.19. The largest absolute Gasteiger partial charge is 0.308 e. The highest BCUT2D eigenvalue weighted by Crippen LogP contribution is 2.48. The van der Waals surface area contributed by atoms with Crippen molar-refractivity contribution in [2.75, 3.05) is 0 Å². The number of hydrogen-bond donors (Lipinski definition) is 0. The molecular formula is C40H25NS. The molecule has 0 saturated heterocycles. The van der Waals surface area contributed by atoms with Crippen LogP contribution >= 0.6 is 11.3 Å². The van der Waals surface area contributed by atoms with Crippen LogP contribution in [-0.4, -0.2) is 4.57 Å². The second-order valence-electron chi connectivity index (χ2n) is 10.9. The first-order valence-corrected chi connectivity index (χ1v) is 15.2. The van der Waals surface area contributed by atoms with Gasteiger partial charge in [-0.2, -0.15) is 0 Å². The summed E-state index contributed by atoms with van der Waals surface area (Å²) in [5.74, 6) is 0. The van der Waals surface area contributed by atoms with Gasteiger partial charge in [0.25, 0.3) is 0 Å². The van der Waals surface area contributed by atoms with E-state index in [1.807, 2.05) is 11.3 Å². The van der Waals surface area contributed by atoms with Gasteiger partial charge in [-0.3, -0.25) is 0 Å². The van der Waals surface area contributed by atoms with E-state index in [4.69, 9.17) is 0 Å². The zero-order chi connectivity index (χ0) is 27.6. The van der Waals surface area contributed by atoms with Crippen LogP contribution in [0.5, 0.6) is 0 Å². The molecule has 0 unspecified atom stereocenters. The van der Waals surface area contributed by atoms with Crippen LogP contribution in [0.1, 0.15) is 0 Å². The van der Waals surface area contributed by atoms with Gasteiger partial charge in [-0.05, 0) is 63.4 Å². The Morgan fingerprint density at radius 3 is 1.60 bits per heavy atom. The first-order chi connectivity index (χ1) is 20.8. The Balaban J connectivity index is 1.50. The fraction of sp³-hybridized carbons (Fsp3) is 0. The zero-order valence-corrected chi connectivity index (χ0v) is 23.6. The van der Waals surface area contributed by atoms with Gasteiger partial charge in [-0.1, -0.05) is 121 Å². The maximum atomic E-state index is 2.52. The first-order valence-electron chi connectivity index (χ1n) is 14.4. The molecule has 0 saturated carbocycles. The Kier molecular flexibility index (Phi) is 5.13. The summed E-state index contributed by atoms with van der Waals surface area (Å²) in [5.41, 5.74) is 8.56. The van der Waals surface area contributed by atoms with Crippen molar-refractivity contribution < 1.29 is 0 Å². The second-order valence-corrected chi connectivity index (χ2v) is 12.0. The Bertz CT molecular complexity index is 2390. The number of benzene rings is 7. The van der Waals surface area contributed by atoms with Gasteiger partial charge in [0.2, 0.25) is 0 Å². The van der Waals surface area contributed by atoms with E-state index in [1.165, 1.54) is 80.7 Å². The third kappa shape index (κ3) is 3.43. The number of rotatable bonds is 3. The molecule has 0 N–H and O–H groups in total. The maximum Gasteiger partial charge on any atom is 0.0726 e. The quantitative estimate of drug-likeness (QED) is 0.206. The van der Waals surface area contributed by atoms with Crippen molar-refractivity contribution in [2.45, 2.75) is 0 Å². The number of hydrogen-bond acceptors (Lipinski definition) is 1. The van der Waals surface area contributed by atoms with Gasteiger partial charge in [0.15, 0.2) is 0 Å². The lowest BCUT2D eigenvalue weighted by Gasteiger charge is -2.15. The molecule has 0 amide bonds. The van der Waals surface area contributed by atoms with Crippen molar-refractivity contribution in [3.05, 3.63) is 152 Å². The van der Waals surface area contributed by atoms with E-state index in [2.05, 4.69) is 156 Å². The van der Waals surface area contributed by atoms with Crippen molar-refractivity contribution in [3.8, 4) is 27.9 Å². The first kappa shape index (κ1) is 23.5.